The molecule has 1 aliphatic heterocycles. The Bertz CT molecular complexity index is 1030. The minimum absolute atomic E-state index is 0.225. The Balaban J connectivity index is 1.79. The number of ether oxygens (including phenoxy) is 2. The van der Waals surface area contributed by atoms with Gasteiger partial charge in [-0.1, -0.05) is 30.3 Å². The van der Waals surface area contributed by atoms with E-state index in [1.165, 1.54) is 5.56 Å². The van der Waals surface area contributed by atoms with E-state index in [9.17, 15) is 5.26 Å². The van der Waals surface area contributed by atoms with Gasteiger partial charge in [0.05, 0.1) is 19.8 Å². The molecule has 6 heteroatoms. The standard InChI is InChI=1S/C22H22N4O2/c1-27-20-10-17-16(12-23)13-25-22(18(17)11-21(20)28-2)26-9-8-24-19(14-26)15-6-4-3-5-7-15/h3-7,10-11,13,19,24H,8-9,14H2,1-2H3/t19-/m1/s1. The number of piperazine rings is 1. The highest BCUT2D eigenvalue weighted by molar-refractivity contribution is 5.98. The van der Waals surface area contributed by atoms with Crippen molar-refractivity contribution < 1.29 is 9.47 Å². The van der Waals surface area contributed by atoms with Crippen molar-refractivity contribution in [3.63, 3.8) is 0 Å². The van der Waals surface area contributed by atoms with Crippen LogP contribution in [0, 0.1) is 11.3 Å². The number of pyridine rings is 1. The Labute approximate surface area is 164 Å². The Kier molecular flexibility index (Phi) is 5.00. The zero-order chi connectivity index (χ0) is 19.5. The van der Waals surface area contributed by atoms with Crippen molar-refractivity contribution >= 4 is 16.6 Å². The highest BCUT2D eigenvalue weighted by atomic mass is 16.5. The average Bonchev–Trinajstić information content (AvgIpc) is 2.78. The summed E-state index contributed by atoms with van der Waals surface area (Å²) < 4.78 is 10.9. The van der Waals surface area contributed by atoms with Gasteiger partial charge in [-0.05, 0) is 17.7 Å². The normalized spacial score (nSPS) is 16.6. The molecule has 0 bridgehead atoms. The number of methoxy groups -OCH3 is 2. The highest BCUT2D eigenvalue weighted by Crippen LogP contribution is 2.37. The van der Waals surface area contributed by atoms with Gasteiger partial charge in [0, 0.05) is 42.6 Å². The first-order valence-electron chi connectivity index (χ1n) is 9.23. The predicted octanol–water partition coefficient (Wildman–Crippen LogP) is 3.27. The van der Waals surface area contributed by atoms with Crippen LogP contribution < -0.4 is 19.7 Å². The number of nitrogens with one attached hydrogen (secondary N) is 1. The van der Waals surface area contributed by atoms with Crippen molar-refractivity contribution in [3.05, 3.63) is 59.8 Å². The van der Waals surface area contributed by atoms with Crippen LogP contribution >= 0.6 is 0 Å². The van der Waals surface area contributed by atoms with E-state index in [4.69, 9.17) is 9.47 Å². The number of rotatable bonds is 4. The van der Waals surface area contributed by atoms with E-state index in [0.29, 0.717) is 17.1 Å². The van der Waals surface area contributed by atoms with E-state index in [1.54, 1.807) is 20.4 Å². The molecule has 1 atom stereocenters. The van der Waals surface area contributed by atoms with Gasteiger partial charge < -0.3 is 19.7 Å². The van der Waals surface area contributed by atoms with Crippen LogP contribution in [-0.4, -0.2) is 38.8 Å². The molecule has 3 aromatic rings. The molecule has 1 fully saturated rings. The van der Waals surface area contributed by atoms with Gasteiger partial charge >= 0.3 is 0 Å². The predicted molar refractivity (Wildman–Crippen MR) is 109 cm³/mol. The fourth-order valence-corrected chi connectivity index (χ4v) is 3.74. The number of aromatic nitrogens is 1. The van der Waals surface area contributed by atoms with Crippen molar-refractivity contribution in [1.29, 1.82) is 5.26 Å². The molecule has 28 heavy (non-hydrogen) atoms. The Hall–Kier alpha value is -3.30. The molecule has 0 unspecified atom stereocenters. The molecule has 1 aromatic heterocycles. The summed E-state index contributed by atoms with van der Waals surface area (Å²) in [5, 5.41) is 14.8. The molecule has 1 N–H and O–H groups in total. The van der Waals surface area contributed by atoms with Gasteiger partial charge in [-0.15, -0.1) is 0 Å². The van der Waals surface area contributed by atoms with Crippen molar-refractivity contribution in [3.8, 4) is 17.6 Å². The molecule has 6 nitrogen and oxygen atoms in total. The van der Waals surface area contributed by atoms with Crippen LogP contribution in [0.2, 0.25) is 0 Å². The lowest BCUT2D eigenvalue weighted by Gasteiger charge is -2.35. The Morgan fingerprint density at radius 2 is 1.82 bits per heavy atom. The third-order valence-corrected chi connectivity index (χ3v) is 5.17. The summed E-state index contributed by atoms with van der Waals surface area (Å²) in [6.07, 6.45) is 1.64. The first-order valence-corrected chi connectivity index (χ1v) is 9.23. The van der Waals surface area contributed by atoms with Gasteiger partial charge in [-0.3, -0.25) is 0 Å². The quantitative estimate of drug-likeness (QED) is 0.756. The van der Waals surface area contributed by atoms with Crippen LogP contribution in [0.15, 0.2) is 48.7 Å². The minimum atomic E-state index is 0.225. The molecule has 0 saturated carbocycles. The van der Waals surface area contributed by atoms with E-state index < -0.39 is 0 Å². The second kappa shape index (κ2) is 7.75. The molecule has 1 aliphatic rings. The third kappa shape index (κ3) is 3.21. The summed E-state index contributed by atoms with van der Waals surface area (Å²) in [5.74, 6) is 2.09. The highest BCUT2D eigenvalue weighted by Gasteiger charge is 2.24. The molecule has 0 amide bonds. The van der Waals surface area contributed by atoms with Gasteiger partial charge in [0.1, 0.15) is 11.9 Å². The molecule has 1 saturated heterocycles. The summed E-state index contributed by atoms with van der Waals surface area (Å²) in [4.78, 5) is 6.91. The van der Waals surface area contributed by atoms with Gasteiger partial charge in [-0.25, -0.2) is 4.98 Å². The maximum atomic E-state index is 9.53. The minimum Gasteiger partial charge on any atom is -0.493 e. The van der Waals surface area contributed by atoms with Crippen LogP contribution in [0.5, 0.6) is 11.5 Å². The van der Waals surface area contributed by atoms with E-state index in [1.807, 2.05) is 18.2 Å². The van der Waals surface area contributed by atoms with Crippen molar-refractivity contribution in [2.45, 2.75) is 6.04 Å². The van der Waals surface area contributed by atoms with Gasteiger partial charge in [0.15, 0.2) is 11.5 Å². The number of benzene rings is 2. The van der Waals surface area contributed by atoms with Crippen molar-refractivity contribution in [2.24, 2.45) is 0 Å². The first kappa shape index (κ1) is 18.1. The Morgan fingerprint density at radius 1 is 1.11 bits per heavy atom. The van der Waals surface area contributed by atoms with E-state index in [-0.39, 0.29) is 6.04 Å². The van der Waals surface area contributed by atoms with Gasteiger partial charge in [0.2, 0.25) is 0 Å². The monoisotopic (exact) mass is 374 g/mol. The van der Waals surface area contributed by atoms with E-state index in [0.717, 1.165) is 36.2 Å². The molecule has 2 heterocycles. The zero-order valence-electron chi connectivity index (χ0n) is 16.0. The summed E-state index contributed by atoms with van der Waals surface area (Å²) in [6, 6.07) is 16.6. The maximum Gasteiger partial charge on any atom is 0.161 e. The largest absolute Gasteiger partial charge is 0.493 e. The number of hydrogen-bond acceptors (Lipinski definition) is 6. The number of nitriles is 1. The molecule has 2 aromatic carbocycles. The fraction of sp³-hybridized carbons (Fsp3) is 0.273. The van der Waals surface area contributed by atoms with E-state index >= 15 is 0 Å². The summed E-state index contributed by atoms with van der Waals surface area (Å²) in [5.41, 5.74) is 1.78. The Morgan fingerprint density at radius 3 is 2.50 bits per heavy atom. The molecular weight excluding hydrogens is 352 g/mol. The number of anilines is 1. The molecule has 0 radical (unpaired) electrons. The third-order valence-electron chi connectivity index (χ3n) is 5.17. The zero-order valence-corrected chi connectivity index (χ0v) is 16.0. The van der Waals surface area contributed by atoms with Crippen molar-refractivity contribution in [1.82, 2.24) is 10.3 Å². The second-order valence-corrected chi connectivity index (χ2v) is 6.72. The molecule has 0 spiro atoms. The van der Waals surface area contributed by atoms with E-state index in [2.05, 4.69) is 45.5 Å². The summed E-state index contributed by atoms with van der Waals surface area (Å²) in [6.45, 7) is 2.49. The lowest BCUT2D eigenvalue weighted by atomic mass is 10.0. The lowest BCUT2D eigenvalue weighted by molar-refractivity contribution is 0.356. The van der Waals surface area contributed by atoms with Crippen LogP contribution in [0.3, 0.4) is 0 Å². The summed E-state index contributed by atoms with van der Waals surface area (Å²) >= 11 is 0. The SMILES string of the molecule is COc1cc2c(C#N)cnc(N3CCN[C@@H](c4ccccc4)C3)c2cc1OC. The fourth-order valence-electron chi connectivity index (χ4n) is 3.74. The van der Waals surface area contributed by atoms with Crippen LogP contribution in [0.25, 0.3) is 10.8 Å². The van der Waals surface area contributed by atoms with Gasteiger partial charge in [0.25, 0.3) is 0 Å². The van der Waals surface area contributed by atoms with Crippen LogP contribution in [0.1, 0.15) is 17.2 Å². The summed E-state index contributed by atoms with van der Waals surface area (Å²) in [7, 11) is 3.21. The number of hydrogen-bond donors (Lipinski definition) is 1. The molecule has 0 aliphatic carbocycles. The maximum absolute atomic E-state index is 9.53. The first-order chi connectivity index (χ1) is 13.7. The lowest BCUT2D eigenvalue weighted by Crippen LogP contribution is -2.46. The van der Waals surface area contributed by atoms with Crippen molar-refractivity contribution in [2.75, 3.05) is 38.8 Å². The van der Waals surface area contributed by atoms with Gasteiger partial charge in [-0.2, -0.15) is 5.26 Å². The van der Waals surface area contributed by atoms with Crippen LogP contribution in [0.4, 0.5) is 5.82 Å². The topological polar surface area (TPSA) is 70.4 Å². The average molecular weight is 374 g/mol. The smallest absolute Gasteiger partial charge is 0.161 e. The molecule has 142 valence electrons. The second-order valence-electron chi connectivity index (χ2n) is 6.72. The van der Waals surface area contributed by atoms with Crippen LogP contribution in [-0.2, 0) is 0 Å². The molecular formula is C22H22N4O2. The number of fused-ring (bicyclic) bond motifs is 1. The molecule has 4 rings (SSSR count). The number of nitrogens with zero attached hydrogens (tertiary/aromatic N) is 3.